The Morgan fingerprint density at radius 3 is 2.87 bits per heavy atom. The van der Waals surface area contributed by atoms with Crippen LogP contribution in [0.2, 0.25) is 0 Å². The Balaban J connectivity index is 1.77. The van der Waals surface area contributed by atoms with Gasteiger partial charge in [0.05, 0.1) is 0 Å². The second-order valence-electron chi connectivity index (χ2n) is 4.26. The Labute approximate surface area is 95.3 Å². The molecule has 2 heterocycles. The first-order valence-corrected chi connectivity index (χ1v) is 6.37. The Morgan fingerprint density at radius 2 is 2.27 bits per heavy atom. The van der Waals surface area contributed by atoms with E-state index in [2.05, 4.69) is 22.6 Å². The van der Waals surface area contributed by atoms with E-state index in [9.17, 15) is 0 Å². The smallest absolute Gasteiger partial charge is 0.0468 e. The lowest BCUT2D eigenvalue weighted by atomic mass is 10.1. The van der Waals surface area contributed by atoms with E-state index in [-0.39, 0.29) is 0 Å². The van der Waals surface area contributed by atoms with Crippen molar-refractivity contribution in [3.63, 3.8) is 0 Å². The molecule has 0 saturated carbocycles. The number of nitrogens with zero attached hydrogens (tertiary/aromatic N) is 1. The van der Waals surface area contributed by atoms with Crippen molar-refractivity contribution in [1.82, 2.24) is 10.2 Å². The van der Waals surface area contributed by atoms with Gasteiger partial charge in [-0.3, -0.25) is 0 Å². The standard InChI is InChI=1S/C11H19N3S/c1-14-5-2-9(3-6-14)13-8-11-10(12)4-7-15-11/h4,7,9,13H,2-3,5-6,8,12H2,1H3. The summed E-state index contributed by atoms with van der Waals surface area (Å²) in [6, 6.07) is 2.65. The van der Waals surface area contributed by atoms with Gasteiger partial charge in [-0.15, -0.1) is 11.3 Å². The normalized spacial score (nSPS) is 19.5. The van der Waals surface area contributed by atoms with Crippen molar-refractivity contribution in [1.29, 1.82) is 0 Å². The van der Waals surface area contributed by atoms with Crippen molar-refractivity contribution in [3.05, 3.63) is 16.3 Å². The minimum Gasteiger partial charge on any atom is -0.398 e. The number of hydrogen-bond acceptors (Lipinski definition) is 4. The molecule has 0 bridgehead atoms. The van der Waals surface area contributed by atoms with Crippen molar-refractivity contribution >= 4 is 17.0 Å². The van der Waals surface area contributed by atoms with Gasteiger partial charge in [-0.05, 0) is 44.4 Å². The lowest BCUT2D eigenvalue weighted by Crippen LogP contribution is -2.40. The van der Waals surface area contributed by atoms with Crippen LogP contribution in [-0.2, 0) is 6.54 Å². The maximum Gasteiger partial charge on any atom is 0.0468 e. The molecule has 0 amide bonds. The fourth-order valence-electron chi connectivity index (χ4n) is 1.94. The van der Waals surface area contributed by atoms with Crippen LogP contribution in [0.1, 0.15) is 17.7 Å². The molecule has 0 radical (unpaired) electrons. The number of nitrogens with two attached hydrogens (primary N) is 1. The summed E-state index contributed by atoms with van der Waals surface area (Å²) in [4.78, 5) is 3.66. The second kappa shape index (κ2) is 4.96. The zero-order valence-corrected chi connectivity index (χ0v) is 10.0. The van der Waals surface area contributed by atoms with E-state index >= 15 is 0 Å². The number of thiophene rings is 1. The minimum absolute atomic E-state index is 0.669. The molecule has 15 heavy (non-hydrogen) atoms. The highest BCUT2D eigenvalue weighted by Crippen LogP contribution is 2.19. The molecule has 4 heteroatoms. The number of nitrogens with one attached hydrogen (secondary N) is 1. The van der Waals surface area contributed by atoms with Gasteiger partial charge in [-0.2, -0.15) is 0 Å². The third-order valence-electron chi connectivity index (χ3n) is 3.05. The molecule has 3 N–H and O–H groups in total. The first kappa shape index (κ1) is 10.9. The summed E-state index contributed by atoms with van der Waals surface area (Å²) < 4.78 is 0. The van der Waals surface area contributed by atoms with Crippen molar-refractivity contribution in [3.8, 4) is 0 Å². The molecular formula is C11H19N3S. The molecule has 84 valence electrons. The molecule has 0 unspecified atom stereocenters. The monoisotopic (exact) mass is 225 g/mol. The summed E-state index contributed by atoms with van der Waals surface area (Å²) in [7, 11) is 2.19. The summed E-state index contributed by atoms with van der Waals surface area (Å²) in [5, 5.41) is 5.65. The van der Waals surface area contributed by atoms with Crippen LogP contribution in [0.4, 0.5) is 5.69 Å². The van der Waals surface area contributed by atoms with Gasteiger partial charge in [0, 0.05) is 23.2 Å². The van der Waals surface area contributed by atoms with Gasteiger partial charge < -0.3 is 16.0 Å². The first-order chi connectivity index (χ1) is 7.25. The molecule has 1 fully saturated rings. The van der Waals surface area contributed by atoms with Crippen LogP contribution in [0, 0.1) is 0 Å². The second-order valence-corrected chi connectivity index (χ2v) is 5.26. The van der Waals surface area contributed by atoms with Gasteiger partial charge in [0.25, 0.3) is 0 Å². The van der Waals surface area contributed by atoms with Crippen LogP contribution in [0.5, 0.6) is 0 Å². The van der Waals surface area contributed by atoms with Crippen molar-refractivity contribution in [2.75, 3.05) is 25.9 Å². The number of rotatable bonds is 3. The van der Waals surface area contributed by atoms with Crippen LogP contribution in [0.15, 0.2) is 11.4 Å². The molecule has 0 aromatic carbocycles. The van der Waals surface area contributed by atoms with Gasteiger partial charge >= 0.3 is 0 Å². The SMILES string of the molecule is CN1CCC(NCc2sccc2N)CC1. The van der Waals surface area contributed by atoms with Crippen LogP contribution in [0.25, 0.3) is 0 Å². The summed E-state index contributed by atoms with van der Waals surface area (Å²) in [6.45, 7) is 3.34. The molecule has 1 aliphatic rings. The van der Waals surface area contributed by atoms with Crippen LogP contribution in [-0.4, -0.2) is 31.1 Å². The molecule has 1 aromatic heterocycles. The third-order valence-corrected chi connectivity index (χ3v) is 3.99. The molecule has 1 saturated heterocycles. The Kier molecular flexibility index (Phi) is 3.61. The highest BCUT2D eigenvalue weighted by molar-refractivity contribution is 7.10. The van der Waals surface area contributed by atoms with E-state index < -0.39 is 0 Å². The maximum atomic E-state index is 5.84. The lowest BCUT2D eigenvalue weighted by molar-refractivity contribution is 0.234. The van der Waals surface area contributed by atoms with Crippen molar-refractivity contribution < 1.29 is 0 Å². The number of hydrogen-bond donors (Lipinski definition) is 2. The predicted octanol–water partition coefficient (Wildman–Crippen LogP) is 1.51. The topological polar surface area (TPSA) is 41.3 Å². The summed E-state index contributed by atoms with van der Waals surface area (Å²) in [5.74, 6) is 0. The first-order valence-electron chi connectivity index (χ1n) is 5.49. The zero-order chi connectivity index (χ0) is 10.7. The van der Waals surface area contributed by atoms with Gasteiger partial charge in [0.15, 0.2) is 0 Å². The molecule has 0 aliphatic carbocycles. The summed E-state index contributed by atoms with van der Waals surface area (Å²) >= 11 is 1.74. The van der Waals surface area contributed by atoms with Crippen LogP contribution >= 0.6 is 11.3 Å². The molecule has 0 spiro atoms. The summed E-state index contributed by atoms with van der Waals surface area (Å²) in [5.41, 5.74) is 6.77. The average Bonchev–Trinajstić information content (AvgIpc) is 2.63. The molecular weight excluding hydrogens is 206 g/mol. The average molecular weight is 225 g/mol. The number of piperidine rings is 1. The largest absolute Gasteiger partial charge is 0.398 e. The van der Waals surface area contributed by atoms with Crippen molar-refractivity contribution in [2.24, 2.45) is 0 Å². The Hall–Kier alpha value is -0.580. The third kappa shape index (κ3) is 2.93. The van der Waals surface area contributed by atoms with E-state index in [1.807, 2.05) is 6.07 Å². The minimum atomic E-state index is 0.669. The molecule has 2 rings (SSSR count). The molecule has 1 aromatic rings. The lowest BCUT2D eigenvalue weighted by Gasteiger charge is -2.29. The maximum absolute atomic E-state index is 5.84. The highest BCUT2D eigenvalue weighted by atomic mass is 32.1. The van der Waals surface area contributed by atoms with Gasteiger partial charge in [0.1, 0.15) is 0 Å². The fraction of sp³-hybridized carbons (Fsp3) is 0.636. The number of likely N-dealkylation sites (tertiary alicyclic amines) is 1. The molecule has 3 nitrogen and oxygen atoms in total. The molecule has 1 aliphatic heterocycles. The van der Waals surface area contributed by atoms with Gasteiger partial charge in [-0.25, -0.2) is 0 Å². The van der Waals surface area contributed by atoms with Crippen LogP contribution in [0.3, 0.4) is 0 Å². The fourth-order valence-corrected chi connectivity index (χ4v) is 2.69. The van der Waals surface area contributed by atoms with E-state index in [0.29, 0.717) is 6.04 Å². The van der Waals surface area contributed by atoms with Crippen LogP contribution < -0.4 is 11.1 Å². The Morgan fingerprint density at radius 1 is 1.53 bits per heavy atom. The molecule has 0 atom stereocenters. The van der Waals surface area contributed by atoms with E-state index in [1.54, 1.807) is 11.3 Å². The number of nitrogen functional groups attached to an aromatic ring is 1. The quantitative estimate of drug-likeness (QED) is 0.819. The highest BCUT2D eigenvalue weighted by Gasteiger charge is 2.16. The van der Waals surface area contributed by atoms with E-state index in [0.717, 1.165) is 12.2 Å². The zero-order valence-electron chi connectivity index (χ0n) is 9.20. The van der Waals surface area contributed by atoms with Gasteiger partial charge in [0.2, 0.25) is 0 Å². The summed E-state index contributed by atoms with van der Waals surface area (Å²) in [6.07, 6.45) is 2.50. The van der Waals surface area contributed by atoms with E-state index in [1.165, 1.54) is 30.8 Å². The Bertz CT molecular complexity index is 303. The predicted molar refractivity (Wildman–Crippen MR) is 66.1 cm³/mol. The van der Waals surface area contributed by atoms with Gasteiger partial charge in [-0.1, -0.05) is 0 Å². The number of anilines is 1. The van der Waals surface area contributed by atoms with E-state index in [4.69, 9.17) is 5.73 Å². The van der Waals surface area contributed by atoms with Crippen molar-refractivity contribution in [2.45, 2.75) is 25.4 Å².